The van der Waals surface area contributed by atoms with E-state index in [2.05, 4.69) is 10.6 Å². The number of carbonyl (C=O) groups excluding carboxylic acids is 1. The summed E-state index contributed by atoms with van der Waals surface area (Å²) in [5, 5.41) is 14.9. The van der Waals surface area contributed by atoms with Crippen molar-refractivity contribution in [2.45, 2.75) is 31.8 Å². The second-order valence-corrected chi connectivity index (χ2v) is 5.63. The fourth-order valence-corrected chi connectivity index (χ4v) is 3.08. The van der Waals surface area contributed by atoms with Gasteiger partial charge in [0.25, 0.3) is 0 Å². The molecule has 3 N–H and O–H groups in total. The molecule has 2 fully saturated rings. The molecule has 0 bridgehead atoms. The molecule has 5 nitrogen and oxygen atoms in total. The molecular formula is C15H26N2O3. The molecule has 0 aliphatic carbocycles. The lowest BCUT2D eigenvalue weighted by atomic mass is 9.87. The van der Waals surface area contributed by atoms with Crippen LogP contribution in [0.5, 0.6) is 0 Å². The number of aliphatic hydroxyl groups excluding tert-OH is 1. The normalized spacial score (nSPS) is 28.1. The highest BCUT2D eigenvalue weighted by Crippen LogP contribution is 2.29. The van der Waals surface area contributed by atoms with E-state index in [0.717, 1.165) is 25.9 Å². The van der Waals surface area contributed by atoms with Crippen LogP contribution in [0.1, 0.15) is 25.7 Å². The van der Waals surface area contributed by atoms with Gasteiger partial charge in [0.15, 0.2) is 0 Å². The standard InChI is InChI=1S/C15H26N2O3/c18-9-2-1-6-17-15(19)13-5-10-20-14(13)11-12-3-7-16-8-4-12/h1-2,12-14,16,18H,3-11H2,(H,17,19)/b2-1+/t13-,14-/m1/s1. The number of carbonyl (C=O) groups is 1. The van der Waals surface area contributed by atoms with Gasteiger partial charge in [-0.1, -0.05) is 12.2 Å². The Labute approximate surface area is 120 Å². The van der Waals surface area contributed by atoms with Crippen molar-refractivity contribution in [3.63, 3.8) is 0 Å². The molecule has 2 atom stereocenters. The fourth-order valence-electron chi connectivity index (χ4n) is 3.08. The van der Waals surface area contributed by atoms with E-state index < -0.39 is 0 Å². The first-order valence-corrected chi connectivity index (χ1v) is 7.67. The topological polar surface area (TPSA) is 70.6 Å². The summed E-state index contributed by atoms with van der Waals surface area (Å²) in [5.74, 6) is 0.764. The Kier molecular flexibility index (Phi) is 6.50. The zero-order chi connectivity index (χ0) is 14.2. The number of hydrogen-bond donors (Lipinski definition) is 3. The first kappa shape index (κ1) is 15.5. The molecule has 0 aromatic heterocycles. The zero-order valence-corrected chi connectivity index (χ0v) is 12.0. The summed E-state index contributed by atoms with van der Waals surface area (Å²) in [7, 11) is 0. The Morgan fingerprint density at radius 3 is 2.85 bits per heavy atom. The third-order valence-corrected chi connectivity index (χ3v) is 4.24. The fraction of sp³-hybridized carbons (Fsp3) is 0.800. The van der Waals surface area contributed by atoms with E-state index in [0.29, 0.717) is 19.1 Å². The van der Waals surface area contributed by atoms with Gasteiger partial charge in [-0.3, -0.25) is 4.79 Å². The van der Waals surface area contributed by atoms with Crippen molar-refractivity contribution < 1.29 is 14.6 Å². The van der Waals surface area contributed by atoms with E-state index in [1.165, 1.54) is 12.8 Å². The Bertz CT molecular complexity index is 327. The van der Waals surface area contributed by atoms with Crippen LogP contribution < -0.4 is 10.6 Å². The molecule has 0 aromatic carbocycles. The van der Waals surface area contributed by atoms with Crippen LogP contribution in [0.2, 0.25) is 0 Å². The van der Waals surface area contributed by atoms with Gasteiger partial charge in [-0.15, -0.1) is 0 Å². The van der Waals surface area contributed by atoms with Gasteiger partial charge >= 0.3 is 0 Å². The van der Waals surface area contributed by atoms with Crippen molar-refractivity contribution in [3.8, 4) is 0 Å². The maximum absolute atomic E-state index is 12.2. The van der Waals surface area contributed by atoms with Gasteiger partial charge in [-0.2, -0.15) is 0 Å². The molecule has 5 heteroatoms. The maximum atomic E-state index is 12.2. The SMILES string of the molecule is O=C(NC/C=C/CO)[C@@H]1CCO[C@@H]1CC1CCNCC1. The number of amides is 1. The molecule has 0 unspecified atom stereocenters. The maximum Gasteiger partial charge on any atom is 0.226 e. The minimum absolute atomic E-state index is 0.00703. The number of hydrogen-bond acceptors (Lipinski definition) is 4. The summed E-state index contributed by atoms with van der Waals surface area (Å²) in [4.78, 5) is 12.2. The molecule has 1 amide bonds. The Hall–Kier alpha value is -0.910. The van der Waals surface area contributed by atoms with Gasteiger partial charge in [0.2, 0.25) is 5.91 Å². The molecule has 114 valence electrons. The van der Waals surface area contributed by atoms with Gasteiger partial charge in [0.1, 0.15) is 0 Å². The summed E-state index contributed by atoms with van der Waals surface area (Å²) < 4.78 is 5.78. The number of ether oxygens (including phenoxy) is 1. The monoisotopic (exact) mass is 282 g/mol. The summed E-state index contributed by atoms with van der Waals surface area (Å²) >= 11 is 0. The smallest absolute Gasteiger partial charge is 0.226 e. The molecule has 0 spiro atoms. The van der Waals surface area contributed by atoms with Crippen molar-refractivity contribution >= 4 is 5.91 Å². The number of nitrogens with one attached hydrogen (secondary N) is 2. The Morgan fingerprint density at radius 2 is 2.10 bits per heavy atom. The summed E-state index contributed by atoms with van der Waals surface area (Å²) in [6.45, 7) is 3.36. The van der Waals surface area contributed by atoms with E-state index in [4.69, 9.17) is 9.84 Å². The highest BCUT2D eigenvalue weighted by Gasteiger charge is 2.35. The van der Waals surface area contributed by atoms with Crippen molar-refractivity contribution in [2.75, 3.05) is 32.8 Å². The van der Waals surface area contributed by atoms with Crippen LogP contribution in [0.15, 0.2) is 12.2 Å². The van der Waals surface area contributed by atoms with Gasteiger partial charge in [0.05, 0.1) is 18.6 Å². The van der Waals surface area contributed by atoms with Gasteiger partial charge in [-0.05, 0) is 44.7 Å². The lowest BCUT2D eigenvalue weighted by Gasteiger charge is -2.27. The third-order valence-electron chi connectivity index (χ3n) is 4.24. The average Bonchev–Trinajstić information content (AvgIpc) is 2.93. The van der Waals surface area contributed by atoms with Crippen LogP contribution in [-0.2, 0) is 9.53 Å². The van der Waals surface area contributed by atoms with E-state index in [1.807, 2.05) is 0 Å². The van der Waals surface area contributed by atoms with E-state index in [1.54, 1.807) is 12.2 Å². The molecule has 2 aliphatic rings. The zero-order valence-electron chi connectivity index (χ0n) is 12.0. The average molecular weight is 282 g/mol. The van der Waals surface area contributed by atoms with Gasteiger partial charge < -0.3 is 20.5 Å². The van der Waals surface area contributed by atoms with Crippen molar-refractivity contribution in [1.29, 1.82) is 0 Å². The summed E-state index contributed by atoms with van der Waals surface area (Å²) in [6.07, 6.45) is 7.70. The molecule has 2 aliphatic heterocycles. The predicted molar refractivity (Wildman–Crippen MR) is 77.3 cm³/mol. The second kappa shape index (κ2) is 8.39. The van der Waals surface area contributed by atoms with Crippen LogP contribution in [0.4, 0.5) is 0 Å². The molecule has 0 radical (unpaired) electrons. The molecule has 0 saturated carbocycles. The minimum Gasteiger partial charge on any atom is -0.392 e. The van der Waals surface area contributed by atoms with Crippen molar-refractivity contribution in [1.82, 2.24) is 10.6 Å². The highest BCUT2D eigenvalue weighted by atomic mass is 16.5. The van der Waals surface area contributed by atoms with E-state index in [-0.39, 0.29) is 24.5 Å². The number of aliphatic hydroxyl groups is 1. The molecule has 0 aromatic rings. The summed E-state index contributed by atoms with van der Waals surface area (Å²) in [6, 6.07) is 0. The van der Waals surface area contributed by atoms with Crippen LogP contribution in [0.3, 0.4) is 0 Å². The van der Waals surface area contributed by atoms with Gasteiger partial charge in [0, 0.05) is 13.2 Å². The Morgan fingerprint density at radius 1 is 1.30 bits per heavy atom. The van der Waals surface area contributed by atoms with E-state index >= 15 is 0 Å². The van der Waals surface area contributed by atoms with E-state index in [9.17, 15) is 4.79 Å². The molecule has 2 heterocycles. The van der Waals surface area contributed by atoms with Crippen LogP contribution >= 0.6 is 0 Å². The van der Waals surface area contributed by atoms with Crippen LogP contribution in [-0.4, -0.2) is 50.0 Å². The Balaban J connectivity index is 1.77. The summed E-state index contributed by atoms with van der Waals surface area (Å²) in [5.41, 5.74) is 0. The van der Waals surface area contributed by atoms with Gasteiger partial charge in [-0.25, -0.2) is 0 Å². The first-order chi connectivity index (χ1) is 9.81. The van der Waals surface area contributed by atoms with Crippen molar-refractivity contribution in [3.05, 3.63) is 12.2 Å². The molecule has 2 rings (SSSR count). The molecule has 2 saturated heterocycles. The van der Waals surface area contributed by atoms with Crippen LogP contribution in [0.25, 0.3) is 0 Å². The molecule has 20 heavy (non-hydrogen) atoms. The number of piperidine rings is 1. The molecular weight excluding hydrogens is 256 g/mol. The lowest BCUT2D eigenvalue weighted by Crippen LogP contribution is -2.37. The first-order valence-electron chi connectivity index (χ1n) is 7.67. The minimum atomic E-state index is -0.00703. The predicted octanol–water partition coefficient (Wildman–Crippen LogP) is 0.446. The number of rotatable bonds is 6. The largest absolute Gasteiger partial charge is 0.392 e. The van der Waals surface area contributed by atoms with Crippen LogP contribution in [0, 0.1) is 11.8 Å². The second-order valence-electron chi connectivity index (χ2n) is 5.63. The quantitative estimate of drug-likeness (QED) is 0.619. The van der Waals surface area contributed by atoms with Crippen molar-refractivity contribution in [2.24, 2.45) is 11.8 Å². The lowest BCUT2D eigenvalue weighted by molar-refractivity contribution is -0.126. The third kappa shape index (κ3) is 4.58. The highest BCUT2D eigenvalue weighted by molar-refractivity contribution is 5.79.